The van der Waals surface area contributed by atoms with Crippen LogP contribution in [0.15, 0.2) is 97.6 Å². The minimum Gasteiger partial charge on any atom is -0.493 e. The van der Waals surface area contributed by atoms with Gasteiger partial charge in [0, 0.05) is 20.4 Å². The molecule has 0 aliphatic heterocycles. The third-order valence-electron chi connectivity index (χ3n) is 6.72. The van der Waals surface area contributed by atoms with Gasteiger partial charge in [-0.25, -0.2) is 9.78 Å². The summed E-state index contributed by atoms with van der Waals surface area (Å²) in [5, 5.41) is 15.5. The Morgan fingerprint density at radius 1 is 1.09 bits per heavy atom. The summed E-state index contributed by atoms with van der Waals surface area (Å²) in [7, 11) is 1.47. The van der Waals surface area contributed by atoms with Crippen molar-refractivity contribution in [3.8, 4) is 23.1 Å². The van der Waals surface area contributed by atoms with Gasteiger partial charge in [-0.05, 0) is 76.1 Å². The molecule has 9 nitrogen and oxygen atoms in total. The van der Waals surface area contributed by atoms with Crippen molar-refractivity contribution in [2.75, 3.05) is 7.11 Å². The summed E-state index contributed by atoms with van der Waals surface area (Å²) in [4.78, 5) is 29.5. The van der Waals surface area contributed by atoms with Gasteiger partial charge >= 0.3 is 5.97 Å². The predicted molar refractivity (Wildman–Crippen MR) is 173 cm³/mol. The standard InChI is InChI=1S/C32H20BrCl2N3O6/c1-42-25-14-20(27(33)28(35)29(25)43-16-17-6-8-18(9-7-17)32(40)41)15-36-38-30(37-23-5-3-2-4-22(23)31(38)39)26-13-19-12-21(34)10-11-24(19)44-26/h2-15H,16H2,1H3,(H,40,41). The van der Waals surface area contributed by atoms with Crippen molar-refractivity contribution in [1.82, 2.24) is 9.66 Å². The van der Waals surface area contributed by atoms with Gasteiger partial charge in [0.2, 0.25) is 5.82 Å². The number of halogens is 3. The quantitative estimate of drug-likeness (QED) is 0.161. The molecule has 0 amide bonds. The van der Waals surface area contributed by atoms with Crippen LogP contribution in [-0.2, 0) is 6.61 Å². The topological polar surface area (TPSA) is 116 Å². The molecule has 2 aromatic heterocycles. The fourth-order valence-electron chi connectivity index (χ4n) is 4.52. The van der Waals surface area contributed by atoms with Crippen LogP contribution in [0.3, 0.4) is 0 Å². The van der Waals surface area contributed by atoms with Gasteiger partial charge in [0.25, 0.3) is 5.56 Å². The van der Waals surface area contributed by atoms with Gasteiger partial charge in [-0.2, -0.15) is 9.78 Å². The molecule has 6 rings (SSSR count). The first-order valence-corrected chi connectivity index (χ1v) is 14.5. The average Bonchev–Trinajstić information content (AvgIpc) is 3.45. The maximum absolute atomic E-state index is 13.7. The Bertz CT molecular complexity index is 2160. The van der Waals surface area contributed by atoms with Gasteiger partial charge in [-0.15, -0.1) is 0 Å². The zero-order valence-corrected chi connectivity index (χ0v) is 25.9. The van der Waals surface area contributed by atoms with Crippen LogP contribution in [0, 0.1) is 0 Å². The molecule has 0 spiro atoms. The van der Waals surface area contributed by atoms with Crippen molar-refractivity contribution in [3.63, 3.8) is 0 Å². The van der Waals surface area contributed by atoms with E-state index in [1.807, 2.05) is 0 Å². The zero-order chi connectivity index (χ0) is 31.0. The molecule has 0 bridgehead atoms. The van der Waals surface area contributed by atoms with Gasteiger partial charge in [0.1, 0.15) is 17.2 Å². The first kappa shape index (κ1) is 29.4. The molecular formula is C32H20BrCl2N3O6. The number of hydrogen-bond donors (Lipinski definition) is 1. The zero-order valence-electron chi connectivity index (χ0n) is 22.8. The van der Waals surface area contributed by atoms with Crippen LogP contribution in [0.4, 0.5) is 0 Å². The van der Waals surface area contributed by atoms with Gasteiger partial charge in [0.15, 0.2) is 17.3 Å². The summed E-state index contributed by atoms with van der Waals surface area (Å²) in [5.74, 6) is 0.101. The Balaban J connectivity index is 1.39. The highest BCUT2D eigenvalue weighted by Crippen LogP contribution is 2.42. The lowest BCUT2D eigenvalue weighted by atomic mass is 10.1. The molecule has 0 aliphatic carbocycles. The van der Waals surface area contributed by atoms with Crippen LogP contribution in [0.5, 0.6) is 11.5 Å². The maximum atomic E-state index is 13.7. The number of methoxy groups -OCH3 is 1. The van der Waals surface area contributed by atoms with E-state index < -0.39 is 11.5 Å². The van der Waals surface area contributed by atoms with Crippen LogP contribution in [0.1, 0.15) is 21.5 Å². The van der Waals surface area contributed by atoms with Crippen molar-refractivity contribution in [1.29, 1.82) is 0 Å². The number of benzene rings is 4. The van der Waals surface area contributed by atoms with E-state index in [1.54, 1.807) is 66.7 Å². The Morgan fingerprint density at radius 2 is 1.86 bits per heavy atom. The number of hydrogen-bond acceptors (Lipinski definition) is 7. The number of ether oxygens (including phenoxy) is 2. The Hall–Kier alpha value is -4.64. The third kappa shape index (κ3) is 5.67. The summed E-state index contributed by atoms with van der Waals surface area (Å²) >= 11 is 16.4. The second kappa shape index (κ2) is 12.2. The van der Waals surface area contributed by atoms with E-state index >= 15 is 0 Å². The number of nitrogens with zero attached hydrogens (tertiary/aromatic N) is 3. The molecule has 4 aromatic carbocycles. The first-order valence-electron chi connectivity index (χ1n) is 13.0. The molecule has 1 N–H and O–H groups in total. The van der Waals surface area contributed by atoms with E-state index in [0.29, 0.717) is 43.1 Å². The number of furan rings is 1. The minimum absolute atomic E-state index is 0.111. The Labute approximate surface area is 268 Å². The van der Waals surface area contributed by atoms with Crippen molar-refractivity contribution >= 4 is 73.2 Å². The molecule has 2 heterocycles. The predicted octanol–water partition coefficient (Wildman–Crippen LogP) is 8.05. The second-order valence-corrected chi connectivity index (χ2v) is 11.1. The van der Waals surface area contributed by atoms with E-state index in [4.69, 9.17) is 47.2 Å². The lowest BCUT2D eigenvalue weighted by Crippen LogP contribution is -2.20. The minimum atomic E-state index is -1.01. The van der Waals surface area contributed by atoms with E-state index in [0.717, 1.165) is 10.9 Å². The highest BCUT2D eigenvalue weighted by atomic mass is 79.9. The summed E-state index contributed by atoms with van der Waals surface area (Å²) < 4.78 is 19.2. The van der Waals surface area contributed by atoms with Crippen molar-refractivity contribution < 1.29 is 23.8 Å². The van der Waals surface area contributed by atoms with Crippen LogP contribution >= 0.6 is 39.1 Å². The fraction of sp³-hybridized carbons (Fsp3) is 0.0625. The molecule has 12 heteroatoms. The lowest BCUT2D eigenvalue weighted by Gasteiger charge is -2.15. The number of carboxylic acid groups (broad SMARTS) is 1. The van der Waals surface area contributed by atoms with Gasteiger partial charge in [-0.1, -0.05) is 47.5 Å². The number of rotatable bonds is 8. The molecule has 0 atom stereocenters. The molecule has 6 aromatic rings. The Kier molecular flexibility index (Phi) is 8.13. The van der Waals surface area contributed by atoms with Crippen LogP contribution in [0.25, 0.3) is 33.5 Å². The molecule has 0 unspecified atom stereocenters. The highest BCUT2D eigenvalue weighted by Gasteiger charge is 2.19. The maximum Gasteiger partial charge on any atom is 0.335 e. The van der Waals surface area contributed by atoms with Gasteiger partial charge in [0.05, 0.1) is 29.8 Å². The van der Waals surface area contributed by atoms with Crippen molar-refractivity contribution in [2.45, 2.75) is 6.61 Å². The number of carboxylic acids is 1. The molecular weight excluding hydrogens is 673 g/mol. The number of aromatic nitrogens is 2. The van der Waals surface area contributed by atoms with Crippen LogP contribution < -0.4 is 15.0 Å². The first-order chi connectivity index (χ1) is 21.2. The summed E-state index contributed by atoms with van der Waals surface area (Å²) in [6.45, 7) is 0.111. The summed E-state index contributed by atoms with van der Waals surface area (Å²) in [6, 6.07) is 21.9. The van der Waals surface area contributed by atoms with Gasteiger partial charge < -0.3 is 19.0 Å². The molecule has 0 saturated carbocycles. The van der Waals surface area contributed by atoms with Gasteiger partial charge in [-0.3, -0.25) is 4.79 Å². The molecule has 0 saturated heterocycles. The summed E-state index contributed by atoms with van der Waals surface area (Å²) in [6.07, 6.45) is 1.45. The summed E-state index contributed by atoms with van der Waals surface area (Å²) in [5.41, 5.74) is 2.07. The largest absolute Gasteiger partial charge is 0.493 e. The second-order valence-electron chi connectivity index (χ2n) is 9.52. The molecule has 0 fully saturated rings. The Morgan fingerprint density at radius 3 is 2.61 bits per heavy atom. The number of aromatic carboxylic acids is 1. The molecule has 220 valence electrons. The number of carbonyl (C=O) groups is 1. The highest BCUT2D eigenvalue weighted by molar-refractivity contribution is 9.10. The monoisotopic (exact) mass is 691 g/mol. The van der Waals surface area contributed by atoms with E-state index in [-0.39, 0.29) is 28.8 Å². The van der Waals surface area contributed by atoms with Crippen molar-refractivity contribution in [2.24, 2.45) is 5.10 Å². The van der Waals surface area contributed by atoms with E-state index in [1.165, 1.54) is 30.1 Å². The normalized spacial score (nSPS) is 11.5. The molecule has 0 radical (unpaired) electrons. The smallest absolute Gasteiger partial charge is 0.335 e. The fourth-order valence-corrected chi connectivity index (χ4v) is 5.35. The average molecular weight is 693 g/mol. The number of para-hydroxylation sites is 1. The lowest BCUT2D eigenvalue weighted by molar-refractivity contribution is 0.0697. The van der Waals surface area contributed by atoms with Crippen molar-refractivity contribution in [3.05, 3.63) is 120 Å². The number of fused-ring (bicyclic) bond motifs is 2. The van der Waals surface area contributed by atoms with E-state index in [2.05, 4.69) is 21.0 Å². The third-order valence-corrected chi connectivity index (χ3v) is 8.40. The SMILES string of the molecule is COc1cc(C=Nn2c(-c3cc4cc(Cl)ccc4o3)nc3ccccc3c2=O)c(Br)c(Cl)c1OCc1ccc(C(=O)O)cc1. The van der Waals surface area contributed by atoms with Crippen LogP contribution in [0.2, 0.25) is 10.0 Å². The molecule has 44 heavy (non-hydrogen) atoms. The van der Waals surface area contributed by atoms with E-state index in [9.17, 15) is 9.59 Å². The van der Waals surface area contributed by atoms with Crippen LogP contribution in [-0.4, -0.2) is 34.1 Å². The molecule has 0 aliphatic rings.